The van der Waals surface area contributed by atoms with E-state index in [1.165, 1.54) is 49.6 Å². The molecule has 3 rings (SSSR count). The summed E-state index contributed by atoms with van der Waals surface area (Å²) in [6.45, 7) is 7.05. The fraction of sp³-hybridized carbons (Fsp3) is 0.600. The van der Waals surface area contributed by atoms with E-state index in [-0.39, 0.29) is 12.4 Å². The van der Waals surface area contributed by atoms with Crippen molar-refractivity contribution < 1.29 is 0 Å². The van der Waals surface area contributed by atoms with Crippen LogP contribution in [-0.4, -0.2) is 30.1 Å². The van der Waals surface area contributed by atoms with Crippen molar-refractivity contribution in [3.05, 3.63) is 35.5 Å². The molecule has 0 saturated carbocycles. The molecule has 0 bridgehead atoms. The summed E-state index contributed by atoms with van der Waals surface area (Å²) in [7, 11) is 4.38. The first-order valence-corrected chi connectivity index (χ1v) is 8.82. The van der Waals surface area contributed by atoms with Crippen LogP contribution >= 0.6 is 12.4 Å². The fourth-order valence-corrected chi connectivity index (χ4v) is 4.30. The monoisotopic (exact) mass is 334 g/mol. The van der Waals surface area contributed by atoms with Gasteiger partial charge >= 0.3 is 0 Å². The number of fused-ring (bicyclic) bond motifs is 3. The number of benzene rings is 1. The average molecular weight is 335 g/mol. The van der Waals surface area contributed by atoms with Crippen LogP contribution in [0.1, 0.15) is 50.8 Å². The van der Waals surface area contributed by atoms with Gasteiger partial charge in [0.05, 0.1) is 0 Å². The fourth-order valence-electron chi connectivity index (χ4n) is 4.30. The first-order chi connectivity index (χ1) is 10.6. The minimum atomic E-state index is 0. The van der Waals surface area contributed by atoms with Gasteiger partial charge in [-0.05, 0) is 64.9 Å². The largest absolute Gasteiger partial charge is 0.344 e. The number of rotatable bonds is 4. The topological polar surface area (TPSA) is 8.17 Å². The third-order valence-corrected chi connectivity index (χ3v) is 5.48. The zero-order valence-corrected chi connectivity index (χ0v) is 15.9. The third-order valence-electron chi connectivity index (χ3n) is 5.48. The van der Waals surface area contributed by atoms with E-state index in [0.29, 0.717) is 5.41 Å². The second kappa shape index (κ2) is 7.27. The Morgan fingerprint density at radius 3 is 2.61 bits per heavy atom. The number of hydrogen-bond acceptors (Lipinski definition) is 1. The zero-order valence-electron chi connectivity index (χ0n) is 15.1. The molecule has 2 aromatic rings. The normalized spacial score (nSPS) is 21.1. The maximum absolute atomic E-state index is 2.60. The van der Waals surface area contributed by atoms with Crippen molar-refractivity contribution in [2.75, 3.05) is 20.6 Å². The van der Waals surface area contributed by atoms with Crippen molar-refractivity contribution in [1.29, 1.82) is 0 Å². The van der Waals surface area contributed by atoms with Gasteiger partial charge in [-0.15, -0.1) is 12.4 Å². The van der Waals surface area contributed by atoms with Crippen LogP contribution in [0.5, 0.6) is 0 Å². The van der Waals surface area contributed by atoms with Crippen molar-refractivity contribution in [2.45, 2.75) is 57.9 Å². The lowest BCUT2D eigenvalue weighted by atomic mass is 9.78. The summed E-state index contributed by atoms with van der Waals surface area (Å²) in [4.78, 5) is 2.33. The molecule has 3 heteroatoms. The molecule has 0 saturated heterocycles. The highest BCUT2D eigenvalue weighted by Gasteiger charge is 2.35. The van der Waals surface area contributed by atoms with Crippen LogP contribution in [0.4, 0.5) is 0 Å². The molecule has 0 amide bonds. The first-order valence-electron chi connectivity index (χ1n) is 8.82. The number of nitrogens with zero attached hydrogens (tertiary/aromatic N) is 2. The maximum Gasteiger partial charge on any atom is 0.0485 e. The van der Waals surface area contributed by atoms with E-state index in [0.717, 1.165) is 6.54 Å². The van der Waals surface area contributed by atoms with Crippen LogP contribution in [0.15, 0.2) is 24.3 Å². The van der Waals surface area contributed by atoms with Crippen LogP contribution in [-0.2, 0) is 18.4 Å². The molecule has 1 aliphatic rings. The standard InChI is InChI=1S/C20H30N2.ClH/c1-5-22-18-12-7-6-10-16(18)17-11-8-9-13-20(2,19(17)22)14-15-21(3)4;/h6-7,10,12H,5,8-9,11,13-15H2,1-4H3;1H. The molecule has 1 aromatic carbocycles. The molecule has 0 fully saturated rings. The number of aryl methyl sites for hydroxylation is 2. The Hall–Kier alpha value is -0.990. The van der Waals surface area contributed by atoms with E-state index in [1.807, 2.05) is 0 Å². The Labute approximate surface area is 147 Å². The summed E-state index contributed by atoms with van der Waals surface area (Å²) in [6, 6.07) is 9.02. The maximum atomic E-state index is 2.60. The van der Waals surface area contributed by atoms with Gasteiger partial charge in [-0.3, -0.25) is 0 Å². The molecule has 1 heterocycles. The molecule has 0 spiro atoms. The summed E-state index contributed by atoms with van der Waals surface area (Å²) < 4.78 is 2.60. The lowest BCUT2D eigenvalue weighted by molar-refractivity contribution is 0.302. The Kier molecular flexibility index (Phi) is 5.80. The molecule has 1 atom stereocenters. The quantitative estimate of drug-likeness (QED) is 0.713. The molecule has 23 heavy (non-hydrogen) atoms. The van der Waals surface area contributed by atoms with E-state index in [1.54, 1.807) is 11.3 Å². The summed E-state index contributed by atoms with van der Waals surface area (Å²) in [6.07, 6.45) is 6.52. The van der Waals surface area contributed by atoms with Crippen LogP contribution in [0, 0.1) is 0 Å². The predicted octanol–water partition coefficient (Wildman–Crippen LogP) is 5.02. The lowest BCUT2D eigenvalue weighted by Gasteiger charge is -2.32. The molecular formula is C20H31ClN2. The van der Waals surface area contributed by atoms with Gasteiger partial charge in [0.15, 0.2) is 0 Å². The molecule has 0 aliphatic heterocycles. The Morgan fingerprint density at radius 2 is 1.91 bits per heavy atom. The Morgan fingerprint density at radius 1 is 1.17 bits per heavy atom. The van der Waals surface area contributed by atoms with Crippen LogP contribution in [0.2, 0.25) is 0 Å². The van der Waals surface area contributed by atoms with Crippen molar-refractivity contribution in [2.24, 2.45) is 0 Å². The van der Waals surface area contributed by atoms with Crippen LogP contribution in [0.25, 0.3) is 10.9 Å². The minimum absolute atomic E-state index is 0. The van der Waals surface area contributed by atoms with E-state index < -0.39 is 0 Å². The number of aromatic nitrogens is 1. The average Bonchev–Trinajstić information content (AvgIpc) is 2.74. The van der Waals surface area contributed by atoms with Gasteiger partial charge in [-0.1, -0.05) is 31.5 Å². The molecule has 1 aliphatic carbocycles. The van der Waals surface area contributed by atoms with Crippen molar-refractivity contribution in [1.82, 2.24) is 9.47 Å². The van der Waals surface area contributed by atoms with Gasteiger partial charge in [0.1, 0.15) is 0 Å². The third kappa shape index (κ3) is 3.29. The van der Waals surface area contributed by atoms with Gasteiger partial charge in [-0.2, -0.15) is 0 Å². The van der Waals surface area contributed by atoms with Gasteiger partial charge in [0.25, 0.3) is 0 Å². The smallest absolute Gasteiger partial charge is 0.0485 e. The Balaban J connectivity index is 0.00000192. The molecule has 0 N–H and O–H groups in total. The van der Waals surface area contributed by atoms with E-state index in [9.17, 15) is 0 Å². The van der Waals surface area contributed by atoms with Crippen molar-refractivity contribution >= 4 is 23.3 Å². The Bertz CT molecular complexity index is 659. The summed E-state index contributed by atoms with van der Waals surface area (Å²) >= 11 is 0. The minimum Gasteiger partial charge on any atom is -0.344 e. The first kappa shape index (κ1) is 18.4. The molecule has 0 radical (unpaired) electrons. The summed E-state index contributed by atoms with van der Waals surface area (Å²) in [5.74, 6) is 0. The highest BCUT2D eigenvalue weighted by atomic mass is 35.5. The molecular weight excluding hydrogens is 304 g/mol. The highest BCUT2D eigenvalue weighted by Crippen LogP contribution is 2.43. The van der Waals surface area contributed by atoms with Gasteiger partial charge < -0.3 is 9.47 Å². The van der Waals surface area contributed by atoms with Gasteiger partial charge in [0, 0.05) is 28.6 Å². The predicted molar refractivity (Wildman–Crippen MR) is 103 cm³/mol. The molecule has 1 aromatic heterocycles. The molecule has 2 nitrogen and oxygen atoms in total. The summed E-state index contributed by atoms with van der Waals surface area (Å²) in [5.41, 5.74) is 5.02. The lowest BCUT2D eigenvalue weighted by Crippen LogP contribution is -2.30. The van der Waals surface area contributed by atoms with Gasteiger partial charge in [-0.25, -0.2) is 0 Å². The van der Waals surface area contributed by atoms with Gasteiger partial charge in [0.2, 0.25) is 0 Å². The van der Waals surface area contributed by atoms with Crippen LogP contribution < -0.4 is 0 Å². The summed E-state index contributed by atoms with van der Waals surface area (Å²) in [5, 5.41) is 1.50. The number of hydrogen-bond donors (Lipinski definition) is 0. The van der Waals surface area contributed by atoms with E-state index >= 15 is 0 Å². The second-order valence-corrected chi connectivity index (χ2v) is 7.41. The van der Waals surface area contributed by atoms with E-state index in [2.05, 4.69) is 61.7 Å². The zero-order chi connectivity index (χ0) is 15.7. The number of halogens is 1. The molecule has 1 unspecified atom stereocenters. The highest BCUT2D eigenvalue weighted by molar-refractivity contribution is 5.86. The van der Waals surface area contributed by atoms with E-state index in [4.69, 9.17) is 0 Å². The molecule has 128 valence electrons. The van der Waals surface area contributed by atoms with Crippen molar-refractivity contribution in [3.8, 4) is 0 Å². The SMILES string of the molecule is CCn1c2c(c3ccccc31)CCCCC2(C)CCN(C)C.Cl. The number of para-hydroxylation sites is 1. The second-order valence-electron chi connectivity index (χ2n) is 7.41. The van der Waals surface area contributed by atoms with Crippen LogP contribution in [0.3, 0.4) is 0 Å². The van der Waals surface area contributed by atoms with Crippen molar-refractivity contribution in [3.63, 3.8) is 0 Å².